The van der Waals surface area contributed by atoms with Crippen LogP contribution in [0.25, 0.3) is 15.9 Å². The number of aromatic nitrogens is 2. The van der Waals surface area contributed by atoms with Crippen molar-refractivity contribution in [3.63, 3.8) is 0 Å². The topological polar surface area (TPSA) is 46.9 Å². The minimum Gasteiger partial charge on any atom is -0.349 e. The fourth-order valence-electron chi connectivity index (χ4n) is 3.24. The van der Waals surface area contributed by atoms with E-state index in [1.165, 1.54) is 24.2 Å². The lowest BCUT2D eigenvalue weighted by Gasteiger charge is -2.10. The maximum absolute atomic E-state index is 12.5. The van der Waals surface area contributed by atoms with Gasteiger partial charge in [-0.2, -0.15) is 5.10 Å². The summed E-state index contributed by atoms with van der Waals surface area (Å²) < 4.78 is 2.96. The monoisotopic (exact) mass is 403 g/mol. The number of amides is 1. The number of nitrogens with zero attached hydrogens (tertiary/aromatic N) is 2. The van der Waals surface area contributed by atoms with E-state index in [2.05, 4.69) is 26.3 Å². The number of nitrogens with one attached hydrogen (secondary N) is 1. The van der Waals surface area contributed by atoms with Crippen LogP contribution in [0, 0.1) is 6.92 Å². The van der Waals surface area contributed by atoms with Gasteiger partial charge in [0.25, 0.3) is 5.91 Å². The molecule has 2 aromatic heterocycles. The van der Waals surface area contributed by atoms with E-state index in [0.29, 0.717) is 6.04 Å². The van der Waals surface area contributed by atoms with Gasteiger partial charge in [0.2, 0.25) is 0 Å². The molecule has 1 aliphatic rings. The van der Waals surface area contributed by atoms with E-state index >= 15 is 0 Å². The Hall–Kier alpha value is -1.66. The van der Waals surface area contributed by atoms with Gasteiger partial charge in [-0.25, -0.2) is 4.68 Å². The third kappa shape index (κ3) is 2.89. The van der Waals surface area contributed by atoms with Crippen LogP contribution in [0.1, 0.15) is 41.0 Å². The summed E-state index contributed by atoms with van der Waals surface area (Å²) in [6.07, 6.45) is 4.63. The summed E-state index contributed by atoms with van der Waals surface area (Å²) in [5.41, 5.74) is 1.95. The Balaban J connectivity index is 1.68. The molecule has 1 N–H and O–H groups in total. The molecule has 0 atom stereocenters. The van der Waals surface area contributed by atoms with Crippen LogP contribution in [-0.4, -0.2) is 21.7 Å². The molecule has 0 saturated heterocycles. The van der Waals surface area contributed by atoms with Crippen LogP contribution in [0.15, 0.2) is 34.8 Å². The highest BCUT2D eigenvalue weighted by molar-refractivity contribution is 9.10. The van der Waals surface area contributed by atoms with E-state index in [1.54, 1.807) is 0 Å². The first-order chi connectivity index (χ1) is 11.6. The highest BCUT2D eigenvalue weighted by Gasteiger charge is 2.21. The summed E-state index contributed by atoms with van der Waals surface area (Å²) >= 11 is 4.97. The van der Waals surface area contributed by atoms with Crippen molar-refractivity contribution in [2.45, 2.75) is 38.6 Å². The van der Waals surface area contributed by atoms with E-state index < -0.39 is 0 Å². The van der Waals surface area contributed by atoms with Gasteiger partial charge in [-0.05, 0) is 50.1 Å². The first-order valence-corrected chi connectivity index (χ1v) is 9.79. The molecule has 0 bridgehead atoms. The molecule has 3 aromatic rings. The Morgan fingerprint density at radius 3 is 2.71 bits per heavy atom. The SMILES string of the molecule is Cc1nn(-c2ccc(Br)cc2)c2sc(C(=O)NC3CCCC3)cc12. The second kappa shape index (κ2) is 6.33. The van der Waals surface area contributed by atoms with E-state index in [9.17, 15) is 4.79 Å². The lowest BCUT2D eigenvalue weighted by atomic mass is 10.2. The minimum atomic E-state index is 0.0462. The zero-order valence-electron chi connectivity index (χ0n) is 13.4. The highest BCUT2D eigenvalue weighted by Crippen LogP contribution is 2.31. The fraction of sp³-hybridized carbons (Fsp3) is 0.333. The zero-order chi connectivity index (χ0) is 16.7. The maximum atomic E-state index is 12.5. The summed E-state index contributed by atoms with van der Waals surface area (Å²) in [7, 11) is 0. The zero-order valence-corrected chi connectivity index (χ0v) is 15.8. The number of hydrogen-bond acceptors (Lipinski definition) is 3. The molecule has 6 heteroatoms. The summed E-state index contributed by atoms with van der Waals surface area (Å²) in [4.78, 5) is 14.3. The molecule has 4 nitrogen and oxygen atoms in total. The first-order valence-electron chi connectivity index (χ1n) is 8.18. The Labute approximate surface area is 153 Å². The molecule has 0 aliphatic heterocycles. The van der Waals surface area contributed by atoms with Crippen molar-refractivity contribution in [3.8, 4) is 5.69 Å². The van der Waals surface area contributed by atoms with Crippen LogP contribution in [0.4, 0.5) is 0 Å². The second-order valence-corrected chi connectivity index (χ2v) is 8.20. The highest BCUT2D eigenvalue weighted by atomic mass is 79.9. The number of fused-ring (bicyclic) bond motifs is 1. The number of halogens is 1. The van der Waals surface area contributed by atoms with Crippen molar-refractivity contribution < 1.29 is 4.79 Å². The van der Waals surface area contributed by atoms with E-state index in [0.717, 1.165) is 43.8 Å². The number of thiophene rings is 1. The van der Waals surface area contributed by atoms with E-state index in [-0.39, 0.29) is 5.91 Å². The molecule has 124 valence electrons. The van der Waals surface area contributed by atoms with Gasteiger partial charge in [0.1, 0.15) is 4.83 Å². The van der Waals surface area contributed by atoms with Crippen molar-refractivity contribution >= 4 is 43.4 Å². The van der Waals surface area contributed by atoms with Gasteiger partial charge in [-0.15, -0.1) is 11.3 Å². The summed E-state index contributed by atoms with van der Waals surface area (Å²) in [5, 5.41) is 8.86. The molecule has 1 aromatic carbocycles. The van der Waals surface area contributed by atoms with Crippen LogP contribution in [-0.2, 0) is 0 Å². The average Bonchev–Trinajstić information content (AvgIpc) is 3.27. The minimum absolute atomic E-state index is 0.0462. The number of hydrogen-bond donors (Lipinski definition) is 1. The molecule has 0 spiro atoms. The third-order valence-corrected chi connectivity index (χ3v) is 6.17. The Morgan fingerprint density at radius 2 is 2.00 bits per heavy atom. The van der Waals surface area contributed by atoms with Crippen LogP contribution in [0.2, 0.25) is 0 Å². The molecule has 0 unspecified atom stereocenters. The molecule has 1 aliphatic carbocycles. The van der Waals surface area contributed by atoms with Gasteiger partial charge < -0.3 is 5.32 Å². The van der Waals surface area contributed by atoms with Gasteiger partial charge in [-0.3, -0.25) is 4.79 Å². The molecule has 1 fully saturated rings. The molecule has 1 amide bonds. The number of rotatable bonds is 3. The predicted octanol–water partition coefficient (Wildman–Crippen LogP) is 4.83. The molecule has 24 heavy (non-hydrogen) atoms. The molecular formula is C18H18BrN3OS. The van der Waals surface area contributed by atoms with Gasteiger partial charge in [0.15, 0.2) is 0 Å². The molecule has 2 heterocycles. The van der Waals surface area contributed by atoms with Crippen molar-refractivity contribution in [1.29, 1.82) is 0 Å². The molecular weight excluding hydrogens is 386 g/mol. The molecule has 4 rings (SSSR count). The standard InChI is InChI=1S/C18H18BrN3OS/c1-11-15-10-16(17(23)20-13-4-2-3-5-13)24-18(15)22(21-11)14-8-6-12(19)7-9-14/h6-10,13H,2-5H2,1H3,(H,20,23). The van der Waals surface area contributed by atoms with E-state index in [4.69, 9.17) is 0 Å². The van der Waals surface area contributed by atoms with Gasteiger partial charge in [-0.1, -0.05) is 28.8 Å². The van der Waals surface area contributed by atoms with Crippen molar-refractivity contribution in [2.24, 2.45) is 0 Å². The largest absolute Gasteiger partial charge is 0.349 e. The van der Waals surface area contributed by atoms with Gasteiger partial charge in [0.05, 0.1) is 16.3 Å². The van der Waals surface area contributed by atoms with Crippen LogP contribution in [0.3, 0.4) is 0 Å². The fourth-order valence-corrected chi connectivity index (χ4v) is 4.59. The number of aryl methyl sites for hydroxylation is 1. The third-order valence-electron chi connectivity index (χ3n) is 4.53. The normalized spacial score (nSPS) is 15.2. The summed E-state index contributed by atoms with van der Waals surface area (Å²) in [6, 6.07) is 10.4. The van der Waals surface area contributed by atoms with Crippen LogP contribution >= 0.6 is 27.3 Å². The smallest absolute Gasteiger partial charge is 0.261 e. The number of benzene rings is 1. The quantitative estimate of drug-likeness (QED) is 0.680. The predicted molar refractivity (Wildman–Crippen MR) is 101 cm³/mol. The van der Waals surface area contributed by atoms with Crippen molar-refractivity contribution in [3.05, 3.63) is 45.4 Å². The summed E-state index contributed by atoms with van der Waals surface area (Å²) in [5.74, 6) is 0.0462. The van der Waals surface area contributed by atoms with Crippen LogP contribution < -0.4 is 5.32 Å². The number of carbonyl (C=O) groups is 1. The maximum Gasteiger partial charge on any atom is 0.261 e. The van der Waals surface area contributed by atoms with Gasteiger partial charge >= 0.3 is 0 Å². The summed E-state index contributed by atoms with van der Waals surface area (Å²) in [6.45, 7) is 1.99. The van der Waals surface area contributed by atoms with Gasteiger partial charge in [0, 0.05) is 15.9 Å². The first kappa shape index (κ1) is 15.8. The average molecular weight is 404 g/mol. The Bertz CT molecular complexity index is 891. The van der Waals surface area contributed by atoms with Crippen molar-refractivity contribution in [1.82, 2.24) is 15.1 Å². The Morgan fingerprint density at radius 1 is 1.29 bits per heavy atom. The van der Waals surface area contributed by atoms with E-state index in [1.807, 2.05) is 41.9 Å². The van der Waals surface area contributed by atoms with Crippen LogP contribution in [0.5, 0.6) is 0 Å². The number of carbonyl (C=O) groups excluding carboxylic acids is 1. The Kier molecular flexibility index (Phi) is 4.18. The lowest BCUT2D eigenvalue weighted by molar-refractivity contribution is 0.0942. The molecule has 1 saturated carbocycles. The molecule has 0 radical (unpaired) electrons. The van der Waals surface area contributed by atoms with Crippen molar-refractivity contribution in [2.75, 3.05) is 0 Å². The lowest BCUT2D eigenvalue weighted by Crippen LogP contribution is -2.31. The second-order valence-electron chi connectivity index (χ2n) is 6.26.